The van der Waals surface area contributed by atoms with Crippen LogP contribution in [-0.4, -0.2) is 53.7 Å². The first-order chi connectivity index (χ1) is 13.1. The van der Waals surface area contributed by atoms with E-state index < -0.39 is 17.5 Å². The molecule has 4 rings (SSSR count). The summed E-state index contributed by atoms with van der Waals surface area (Å²) in [6, 6.07) is 3.76. The highest BCUT2D eigenvalue weighted by atomic mass is 19.1. The van der Waals surface area contributed by atoms with Crippen LogP contribution in [0.5, 0.6) is 5.75 Å². The summed E-state index contributed by atoms with van der Waals surface area (Å²) in [4.78, 5) is 12.6. The molecule has 0 amide bonds. The number of piperazine rings is 1. The standard InChI is InChI=1S/C19H21F3N4O/c20-14-2-4-18(17(22)7-14)27-12-13-1-3-16-11-26(6-5-25(16)10-13)19-23-8-15(21)9-24-19/h2,4,7-9,13,16H,1,3,5-6,10-12H2/t13-,16-/m0/s1. The lowest BCUT2D eigenvalue weighted by Gasteiger charge is -2.46. The van der Waals surface area contributed by atoms with Crippen molar-refractivity contribution in [2.24, 2.45) is 5.92 Å². The molecule has 0 N–H and O–H groups in total. The van der Waals surface area contributed by atoms with Gasteiger partial charge in [0.25, 0.3) is 0 Å². The fourth-order valence-corrected chi connectivity index (χ4v) is 3.84. The van der Waals surface area contributed by atoms with Crippen molar-refractivity contribution in [1.82, 2.24) is 14.9 Å². The molecular weight excluding hydrogens is 357 g/mol. The first-order valence-electron chi connectivity index (χ1n) is 9.13. The minimum absolute atomic E-state index is 0.0943. The summed E-state index contributed by atoms with van der Waals surface area (Å²) in [6.45, 7) is 3.75. The average molecular weight is 378 g/mol. The number of nitrogens with zero attached hydrogens (tertiary/aromatic N) is 4. The van der Waals surface area contributed by atoms with Crippen molar-refractivity contribution in [1.29, 1.82) is 0 Å². The van der Waals surface area contributed by atoms with E-state index in [9.17, 15) is 13.2 Å². The van der Waals surface area contributed by atoms with E-state index in [1.54, 1.807) is 0 Å². The number of hydrogen-bond donors (Lipinski definition) is 0. The van der Waals surface area contributed by atoms with Crippen molar-refractivity contribution in [3.05, 3.63) is 48.0 Å². The maximum atomic E-state index is 13.7. The number of fused-ring (bicyclic) bond motifs is 1. The molecule has 0 aliphatic carbocycles. The van der Waals surface area contributed by atoms with Gasteiger partial charge in [-0.05, 0) is 25.0 Å². The second-order valence-corrected chi connectivity index (χ2v) is 7.13. The lowest BCUT2D eigenvalue weighted by Crippen LogP contribution is -2.57. The van der Waals surface area contributed by atoms with Crippen LogP contribution in [0.25, 0.3) is 0 Å². The lowest BCUT2D eigenvalue weighted by atomic mass is 9.91. The molecule has 1 aromatic heterocycles. The molecule has 27 heavy (non-hydrogen) atoms. The molecule has 5 nitrogen and oxygen atoms in total. The molecule has 2 aliphatic heterocycles. The number of ether oxygens (including phenoxy) is 1. The molecular formula is C19H21F3N4O. The molecule has 3 heterocycles. The summed E-state index contributed by atoms with van der Waals surface area (Å²) in [5, 5.41) is 0. The number of aromatic nitrogens is 2. The summed E-state index contributed by atoms with van der Waals surface area (Å²) in [6.07, 6.45) is 4.36. The Kier molecular flexibility index (Phi) is 5.15. The summed E-state index contributed by atoms with van der Waals surface area (Å²) in [5.74, 6) is -0.750. The smallest absolute Gasteiger partial charge is 0.225 e. The van der Waals surface area contributed by atoms with E-state index >= 15 is 0 Å². The first-order valence-corrected chi connectivity index (χ1v) is 9.13. The molecule has 0 spiro atoms. The number of piperidine rings is 1. The molecule has 2 fully saturated rings. The van der Waals surface area contributed by atoms with Gasteiger partial charge in [-0.3, -0.25) is 4.90 Å². The predicted molar refractivity (Wildman–Crippen MR) is 94.1 cm³/mol. The van der Waals surface area contributed by atoms with Crippen molar-refractivity contribution in [3.63, 3.8) is 0 Å². The predicted octanol–water partition coefficient (Wildman–Crippen LogP) is 2.87. The SMILES string of the molecule is Fc1cnc(N2CCN3C[C@@H](COc4ccc(F)cc4F)CC[C@H]3C2)nc1. The Morgan fingerprint density at radius 1 is 1.00 bits per heavy atom. The molecule has 2 aromatic rings. The second kappa shape index (κ2) is 7.72. The fourth-order valence-electron chi connectivity index (χ4n) is 3.84. The van der Waals surface area contributed by atoms with E-state index in [1.165, 1.54) is 24.5 Å². The minimum atomic E-state index is -0.670. The molecule has 0 saturated carbocycles. The number of halogens is 3. The Balaban J connectivity index is 1.30. The quantitative estimate of drug-likeness (QED) is 0.818. The van der Waals surface area contributed by atoms with Gasteiger partial charge in [-0.2, -0.15) is 0 Å². The Morgan fingerprint density at radius 3 is 2.59 bits per heavy atom. The van der Waals surface area contributed by atoms with Crippen molar-refractivity contribution in [2.75, 3.05) is 37.7 Å². The third kappa shape index (κ3) is 4.16. The molecule has 8 heteroatoms. The van der Waals surface area contributed by atoms with Gasteiger partial charge in [0.15, 0.2) is 17.4 Å². The van der Waals surface area contributed by atoms with E-state index in [0.29, 0.717) is 24.5 Å². The Labute approximate surface area is 155 Å². The van der Waals surface area contributed by atoms with Gasteiger partial charge in [-0.1, -0.05) is 0 Å². The number of anilines is 1. The van der Waals surface area contributed by atoms with Crippen LogP contribution in [0.15, 0.2) is 30.6 Å². The maximum absolute atomic E-state index is 13.7. The van der Waals surface area contributed by atoms with E-state index in [0.717, 1.165) is 45.1 Å². The molecule has 0 unspecified atom stereocenters. The van der Waals surface area contributed by atoms with Gasteiger partial charge in [-0.25, -0.2) is 23.1 Å². The Hall–Kier alpha value is -2.35. The first kappa shape index (κ1) is 18.0. The zero-order valence-electron chi connectivity index (χ0n) is 14.8. The van der Waals surface area contributed by atoms with Crippen LogP contribution in [0, 0.1) is 23.4 Å². The van der Waals surface area contributed by atoms with Crippen molar-refractivity contribution in [3.8, 4) is 5.75 Å². The van der Waals surface area contributed by atoms with Crippen molar-refractivity contribution in [2.45, 2.75) is 18.9 Å². The number of benzene rings is 1. The topological polar surface area (TPSA) is 41.5 Å². The molecule has 2 aliphatic rings. The molecule has 2 saturated heterocycles. The van der Waals surface area contributed by atoms with Gasteiger partial charge < -0.3 is 9.64 Å². The normalized spacial score (nSPS) is 23.1. The highest BCUT2D eigenvalue weighted by Gasteiger charge is 2.33. The van der Waals surface area contributed by atoms with Crippen LogP contribution in [0.1, 0.15) is 12.8 Å². The van der Waals surface area contributed by atoms with Crippen molar-refractivity contribution >= 4 is 5.95 Å². The van der Waals surface area contributed by atoms with Gasteiger partial charge in [-0.15, -0.1) is 0 Å². The van der Waals surface area contributed by atoms with Crippen molar-refractivity contribution < 1.29 is 17.9 Å². The van der Waals surface area contributed by atoms with E-state index in [-0.39, 0.29) is 5.75 Å². The highest BCUT2D eigenvalue weighted by Crippen LogP contribution is 2.27. The van der Waals surface area contributed by atoms with Crippen LogP contribution in [0.3, 0.4) is 0 Å². The summed E-state index contributed by atoms with van der Waals surface area (Å²) >= 11 is 0. The van der Waals surface area contributed by atoms with Gasteiger partial charge in [0, 0.05) is 44.2 Å². The molecule has 2 atom stereocenters. The average Bonchev–Trinajstić information content (AvgIpc) is 2.67. The third-order valence-electron chi connectivity index (χ3n) is 5.26. The van der Waals surface area contributed by atoms with E-state index in [1.807, 2.05) is 0 Å². The van der Waals surface area contributed by atoms with Crippen LogP contribution in [0.2, 0.25) is 0 Å². The summed E-state index contributed by atoms with van der Waals surface area (Å²) in [5.41, 5.74) is 0. The van der Waals surface area contributed by atoms with Gasteiger partial charge in [0.05, 0.1) is 19.0 Å². The zero-order chi connectivity index (χ0) is 18.8. The second-order valence-electron chi connectivity index (χ2n) is 7.13. The monoisotopic (exact) mass is 378 g/mol. The molecule has 0 radical (unpaired) electrons. The van der Waals surface area contributed by atoms with E-state index in [2.05, 4.69) is 19.8 Å². The molecule has 144 valence electrons. The van der Waals surface area contributed by atoms with Gasteiger partial charge in [0.1, 0.15) is 5.82 Å². The maximum Gasteiger partial charge on any atom is 0.225 e. The number of hydrogen-bond acceptors (Lipinski definition) is 5. The summed E-state index contributed by atoms with van der Waals surface area (Å²) < 4.78 is 45.2. The number of rotatable bonds is 4. The zero-order valence-corrected chi connectivity index (χ0v) is 14.8. The highest BCUT2D eigenvalue weighted by molar-refractivity contribution is 5.30. The Morgan fingerprint density at radius 2 is 1.81 bits per heavy atom. The third-order valence-corrected chi connectivity index (χ3v) is 5.26. The van der Waals surface area contributed by atoms with Crippen LogP contribution in [-0.2, 0) is 0 Å². The van der Waals surface area contributed by atoms with E-state index in [4.69, 9.17) is 4.74 Å². The van der Waals surface area contributed by atoms with Crippen LogP contribution in [0.4, 0.5) is 19.1 Å². The Bertz CT molecular complexity index is 789. The van der Waals surface area contributed by atoms with Crippen LogP contribution >= 0.6 is 0 Å². The lowest BCUT2D eigenvalue weighted by molar-refractivity contribution is 0.0716. The fraction of sp³-hybridized carbons (Fsp3) is 0.474. The van der Waals surface area contributed by atoms with Crippen LogP contribution < -0.4 is 9.64 Å². The molecule has 1 aromatic carbocycles. The summed E-state index contributed by atoms with van der Waals surface area (Å²) in [7, 11) is 0. The minimum Gasteiger partial charge on any atom is -0.490 e. The largest absolute Gasteiger partial charge is 0.490 e. The van der Waals surface area contributed by atoms with Gasteiger partial charge in [0.2, 0.25) is 5.95 Å². The van der Waals surface area contributed by atoms with Gasteiger partial charge >= 0.3 is 0 Å². The molecule has 0 bridgehead atoms.